The maximum Gasteiger partial charge on any atom is 0.243 e. The molecule has 0 aliphatic heterocycles. The average molecular weight is 434 g/mol. The molecule has 0 aliphatic carbocycles. The second kappa shape index (κ2) is 10.1. The fourth-order valence-corrected chi connectivity index (χ4v) is 2.98. The topological polar surface area (TPSA) is 70.7 Å². The molecule has 2 rings (SSSR count). The molecule has 2 amide bonds. The first-order valence-corrected chi connectivity index (χ1v) is 9.31. The lowest BCUT2D eigenvalue weighted by Gasteiger charge is -2.17. The van der Waals surface area contributed by atoms with E-state index in [0.717, 1.165) is 15.6 Å². The molecule has 0 saturated carbocycles. The summed E-state index contributed by atoms with van der Waals surface area (Å²) in [5, 5.41) is 5.40. The van der Waals surface area contributed by atoms with Crippen LogP contribution in [0.3, 0.4) is 0 Å². The van der Waals surface area contributed by atoms with E-state index < -0.39 is 0 Å². The van der Waals surface area contributed by atoms with Crippen LogP contribution in [0.25, 0.3) is 0 Å². The quantitative estimate of drug-likeness (QED) is 0.671. The van der Waals surface area contributed by atoms with Crippen molar-refractivity contribution in [2.24, 2.45) is 0 Å². The van der Waals surface area contributed by atoms with Crippen LogP contribution < -0.4 is 15.4 Å². The van der Waals surface area contributed by atoms with E-state index in [-0.39, 0.29) is 24.9 Å². The van der Waals surface area contributed by atoms with E-state index in [2.05, 4.69) is 26.6 Å². The van der Waals surface area contributed by atoms with Gasteiger partial charge in [0.25, 0.3) is 0 Å². The lowest BCUT2D eigenvalue weighted by molar-refractivity contribution is -0.124. The number of hydrogen-bond acceptors (Lipinski definition) is 4. The van der Waals surface area contributed by atoms with Crippen molar-refractivity contribution in [2.45, 2.75) is 13.5 Å². The highest BCUT2D eigenvalue weighted by atomic mass is 79.9. The van der Waals surface area contributed by atoms with Crippen molar-refractivity contribution >= 4 is 33.4 Å². The SMILES string of the molecule is COc1ccc(C)cc1NC(=O)CNC(=O)CN(C)Cc1ccccc1Br. The predicted molar refractivity (Wildman–Crippen MR) is 110 cm³/mol. The molecule has 0 heterocycles. The fraction of sp³-hybridized carbons (Fsp3) is 0.300. The third-order valence-electron chi connectivity index (χ3n) is 3.89. The van der Waals surface area contributed by atoms with Crippen molar-refractivity contribution in [1.29, 1.82) is 0 Å². The maximum atomic E-state index is 12.1. The second-order valence-corrected chi connectivity index (χ2v) is 7.15. The number of carbonyl (C=O) groups excluding carboxylic acids is 2. The van der Waals surface area contributed by atoms with Gasteiger partial charge in [0.15, 0.2) is 0 Å². The smallest absolute Gasteiger partial charge is 0.243 e. The summed E-state index contributed by atoms with van der Waals surface area (Å²) in [5.74, 6) is 0.0602. The first-order valence-electron chi connectivity index (χ1n) is 8.52. The van der Waals surface area contributed by atoms with Crippen LogP contribution in [-0.4, -0.2) is 44.0 Å². The normalized spacial score (nSPS) is 10.6. The first kappa shape index (κ1) is 20.9. The Morgan fingerprint density at radius 1 is 1.15 bits per heavy atom. The number of anilines is 1. The van der Waals surface area contributed by atoms with Gasteiger partial charge in [-0.25, -0.2) is 0 Å². The van der Waals surface area contributed by atoms with Gasteiger partial charge in [0.2, 0.25) is 11.8 Å². The minimum absolute atomic E-state index is 0.0984. The van der Waals surface area contributed by atoms with Gasteiger partial charge in [0.1, 0.15) is 5.75 Å². The molecule has 2 aromatic rings. The van der Waals surface area contributed by atoms with Gasteiger partial charge < -0.3 is 15.4 Å². The van der Waals surface area contributed by atoms with Crippen LogP contribution in [0.4, 0.5) is 5.69 Å². The summed E-state index contributed by atoms with van der Waals surface area (Å²) in [6.07, 6.45) is 0. The van der Waals surface area contributed by atoms with Gasteiger partial charge in [-0.05, 0) is 43.3 Å². The summed E-state index contributed by atoms with van der Waals surface area (Å²) in [4.78, 5) is 26.1. The van der Waals surface area contributed by atoms with Gasteiger partial charge >= 0.3 is 0 Å². The number of rotatable bonds is 8. The van der Waals surface area contributed by atoms with E-state index in [0.29, 0.717) is 18.0 Å². The van der Waals surface area contributed by atoms with E-state index in [1.54, 1.807) is 13.2 Å². The summed E-state index contributed by atoms with van der Waals surface area (Å²) in [6.45, 7) is 2.65. The monoisotopic (exact) mass is 433 g/mol. The summed E-state index contributed by atoms with van der Waals surface area (Å²) in [6, 6.07) is 13.4. The molecule has 0 fully saturated rings. The molecule has 6 nitrogen and oxygen atoms in total. The Morgan fingerprint density at radius 3 is 2.59 bits per heavy atom. The third-order valence-corrected chi connectivity index (χ3v) is 4.66. The van der Waals surface area contributed by atoms with E-state index >= 15 is 0 Å². The number of ether oxygens (including phenoxy) is 1. The number of aryl methyl sites for hydroxylation is 1. The summed E-state index contributed by atoms with van der Waals surface area (Å²) < 4.78 is 6.24. The minimum Gasteiger partial charge on any atom is -0.495 e. The minimum atomic E-state index is -0.305. The molecule has 0 atom stereocenters. The average Bonchev–Trinajstić information content (AvgIpc) is 2.62. The van der Waals surface area contributed by atoms with Crippen LogP contribution in [-0.2, 0) is 16.1 Å². The van der Waals surface area contributed by atoms with E-state index in [9.17, 15) is 9.59 Å². The van der Waals surface area contributed by atoms with Crippen LogP contribution >= 0.6 is 15.9 Å². The molecule has 27 heavy (non-hydrogen) atoms. The van der Waals surface area contributed by atoms with Crippen molar-refractivity contribution < 1.29 is 14.3 Å². The van der Waals surface area contributed by atoms with Crippen molar-refractivity contribution in [3.63, 3.8) is 0 Å². The van der Waals surface area contributed by atoms with Crippen molar-refractivity contribution in [3.05, 3.63) is 58.1 Å². The number of halogens is 1. The fourth-order valence-electron chi connectivity index (χ4n) is 2.57. The largest absolute Gasteiger partial charge is 0.495 e. The zero-order valence-corrected chi connectivity index (χ0v) is 17.3. The predicted octanol–water partition coefficient (Wildman–Crippen LogP) is 2.95. The van der Waals surface area contributed by atoms with Gasteiger partial charge in [-0.3, -0.25) is 14.5 Å². The van der Waals surface area contributed by atoms with Gasteiger partial charge in [0, 0.05) is 11.0 Å². The van der Waals surface area contributed by atoms with Crippen molar-refractivity contribution in [1.82, 2.24) is 10.2 Å². The Labute approximate surface area is 168 Å². The third kappa shape index (κ3) is 6.69. The van der Waals surface area contributed by atoms with E-state index in [1.807, 2.05) is 55.3 Å². The van der Waals surface area contributed by atoms with Crippen LogP contribution in [0.1, 0.15) is 11.1 Å². The number of nitrogens with one attached hydrogen (secondary N) is 2. The number of amides is 2. The summed E-state index contributed by atoms with van der Waals surface area (Å²) in [7, 11) is 3.40. The molecule has 0 unspecified atom stereocenters. The zero-order valence-electron chi connectivity index (χ0n) is 15.7. The van der Waals surface area contributed by atoms with E-state index in [4.69, 9.17) is 4.74 Å². The number of carbonyl (C=O) groups is 2. The highest BCUT2D eigenvalue weighted by Gasteiger charge is 2.12. The summed E-state index contributed by atoms with van der Waals surface area (Å²) in [5.41, 5.74) is 2.68. The standard InChI is InChI=1S/C20H24BrN3O3/c1-14-8-9-18(27-3)17(10-14)23-19(25)11-22-20(26)13-24(2)12-15-6-4-5-7-16(15)21/h4-10H,11-13H2,1-3H3,(H,22,26)(H,23,25). The van der Waals surface area contributed by atoms with E-state index in [1.165, 1.54) is 0 Å². The van der Waals surface area contributed by atoms with Gasteiger partial charge in [0.05, 0.1) is 25.9 Å². The molecule has 0 aliphatic rings. The zero-order chi connectivity index (χ0) is 19.8. The maximum absolute atomic E-state index is 12.1. The molecule has 0 spiro atoms. The lowest BCUT2D eigenvalue weighted by Crippen LogP contribution is -2.39. The van der Waals surface area contributed by atoms with Gasteiger partial charge in [-0.2, -0.15) is 0 Å². The van der Waals surface area contributed by atoms with Gasteiger partial charge in [-0.1, -0.05) is 40.2 Å². The molecule has 2 aromatic carbocycles. The Morgan fingerprint density at radius 2 is 1.89 bits per heavy atom. The Hall–Kier alpha value is -2.38. The molecule has 144 valence electrons. The molecule has 2 N–H and O–H groups in total. The van der Waals surface area contributed by atoms with Crippen molar-refractivity contribution in [3.8, 4) is 5.75 Å². The number of nitrogens with zero attached hydrogens (tertiary/aromatic N) is 1. The summed E-state index contributed by atoms with van der Waals surface area (Å²) >= 11 is 3.50. The Bertz CT molecular complexity index is 811. The van der Waals surface area contributed by atoms with Crippen LogP contribution in [0.15, 0.2) is 46.9 Å². The molecule has 0 radical (unpaired) electrons. The number of methoxy groups -OCH3 is 1. The number of likely N-dealkylation sites (N-methyl/N-ethyl adjacent to an activating group) is 1. The molecule has 0 saturated heterocycles. The van der Waals surface area contributed by atoms with Crippen LogP contribution in [0.5, 0.6) is 5.75 Å². The first-order chi connectivity index (χ1) is 12.9. The second-order valence-electron chi connectivity index (χ2n) is 6.29. The highest BCUT2D eigenvalue weighted by Crippen LogP contribution is 2.24. The number of hydrogen-bond donors (Lipinski definition) is 2. The molecule has 0 bridgehead atoms. The Kier molecular flexibility index (Phi) is 7.82. The van der Waals surface area contributed by atoms with Crippen molar-refractivity contribution in [2.75, 3.05) is 32.6 Å². The molecular formula is C20H24BrN3O3. The number of benzene rings is 2. The molecule has 7 heteroatoms. The Balaban J connectivity index is 1.80. The lowest BCUT2D eigenvalue weighted by atomic mass is 10.2. The highest BCUT2D eigenvalue weighted by molar-refractivity contribution is 9.10. The molecule has 0 aromatic heterocycles. The molecular weight excluding hydrogens is 410 g/mol. The van der Waals surface area contributed by atoms with Gasteiger partial charge in [-0.15, -0.1) is 0 Å². The van der Waals surface area contributed by atoms with Crippen LogP contribution in [0, 0.1) is 6.92 Å². The van der Waals surface area contributed by atoms with Crippen LogP contribution in [0.2, 0.25) is 0 Å².